The van der Waals surface area contributed by atoms with Crippen LogP contribution < -0.4 is 0 Å². The van der Waals surface area contributed by atoms with Crippen LogP contribution in [0.1, 0.15) is 24.7 Å². The minimum atomic E-state index is -3.59. The van der Waals surface area contributed by atoms with Gasteiger partial charge in [0.2, 0.25) is 21.7 Å². The monoisotopic (exact) mass is 449 g/mol. The Morgan fingerprint density at radius 1 is 1.14 bits per heavy atom. The van der Waals surface area contributed by atoms with Crippen molar-refractivity contribution in [1.29, 1.82) is 0 Å². The summed E-state index contributed by atoms with van der Waals surface area (Å²) in [6, 6.07) is 14.2. The standard InChI is InChI=1S/C20H20ClN3O3S2/c1-28-17-8-4-14(5-9-17)19-22-20(27-23-19)15-3-2-12-24(13-15)29(25,26)18-10-6-16(21)7-11-18/h4-11,15H,2-3,12-13H2,1H3/t15-/m0/s1. The normalized spacial score (nSPS) is 18.1. The molecule has 1 fully saturated rings. The van der Waals surface area contributed by atoms with E-state index in [1.165, 1.54) is 16.4 Å². The van der Waals surface area contributed by atoms with Gasteiger partial charge in [0.05, 0.1) is 10.8 Å². The first-order valence-corrected chi connectivity index (χ1v) is 12.3. The quantitative estimate of drug-likeness (QED) is 0.526. The zero-order valence-corrected chi connectivity index (χ0v) is 18.2. The number of thioether (sulfide) groups is 1. The van der Waals surface area contributed by atoms with E-state index < -0.39 is 10.0 Å². The SMILES string of the molecule is CSc1ccc(-c2noc([C@H]3CCCN(S(=O)(=O)c4ccc(Cl)cc4)C3)n2)cc1. The van der Waals surface area contributed by atoms with Crippen LogP contribution >= 0.6 is 23.4 Å². The molecular formula is C20H20ClN3O3S2. The fourth-order valence-electron chi connectivity index (χ4n) is 3.38. The lowest BCUT2D eigenvalue weighted by molar-refractivity contribution is 0.265. The van der Waals surface area contributed by atoms with Crippen molar-refractivity contribution in [3.63, 3.8) is 0 Å². The fraction of sp³-hybridized carbons (Fsp3) is 0.300. The molecule has 2 heterocycles. The van der Waals surface area contributed by atoms with Gasteiger partial charge in [0.25, 0.3) is 0 Å². The summed E-state index contributed by atoms with van der Waals surface area (Å²) in [7, 11) is -3.59. The molecule has 4 rings (SSSR count). The molecule has 6 nitrogen and oxygen atoms in total. The maximum absolute atomic E-state index is 13.0. The van der Waals surface area contributed by atoms with Crippen molar-refractivity contribution >= 4 is 33.4 Å². The third-order valence-corrected chi connectivity index (χ3v) is 7.85. The molecule has 0 radical (unpaired) electrons. The van der Waals surface area contributed by atoms with E-state index in [1.54, 1.807) is 23.9 Å². The molecule has 1 aliphatic heterocycles. The number of sulfonamides is 1. The molecule has 2 aromatic carbocycles. The van der Waals surface area contributed by atoms with E-state index >= 15 is 0 Å². The summed E-state index contributed by atoms with van der Waals surface area (Å²) in [6.07, 6.45) is 3.56. The Morgan fingerprint density at radius 3 is 2.55 bits per heavy atom. The highest BCUT2D eigenvalue weighted by atomic mass is 35.5. The van der Waals surface area contributed by atoms with Gasteiger partial charge in [-0.3, -0.25) is 0 Å². The van der Waals surface area contributed by atoms with Crippen LogP contribution in [0.5, 0.6) is 0 Å². The number of halogens is 1. The average molecular weight is 450 g/mol. The lowest BCUT2D eigenvalue weighted by Gasteiger charge is -2.30. The van der Waals surface area contributed by atoms with E-state index in [0.29, 0.717) is 29.8 Å². The molecule has 0 unspecified atom stereocenters. The molecule has 1 atom stereocenters. The second kappa shape index (κ2) is 8.47. The summed E-state index contributed by atoms with van der Waals surface area (Å²) in [5.74, 6) is 0.868. The molecule has 0 aliphatic carbocycles. The van der Waals surface area contributed by atoms with Gasteiger partial charge >= 0.3 is 0 Å². The topological polar surface area (TPSA) is 76.3 Å². The van der Waals surface area contributed by atoms with E-state index in [-0.39, 0.29) is 10.8 Å². The Kier molecular flexibility index (Phi) is 5.96. The minimum Gasteiger partial charge on any atom is -0.339 e. The van der Waals surface area contributed by atoms with Crippen molar-refractivity contribution in [3.8, 4) is 11.4 Å². The maximum atomic E-state index is 13.0. The van der Waals surface area contributed by atoms with Crippen LogP contribution in [0.2, 0.25) is 5.02 Å². The summed E-state index contributed by atoms with van der Waals surface area (Å²) in [5.41, 5.74) is 0.874. The van der Waals surface area contributed by atoms with Gasteiger partial charge in [-0.15, -0.1) is 11.8 Å². The minimum absolute atomic E-state index is 0.127. The van der Waals surface area contributed by atoms with Gasteiger partial charge in [-0.05, 0) is 67.6 Å². The van der Waals surface area contributed by atoms with Crippen molar-refractivity contribution in [2.24, 2.45) is 0 Å². The molecule has 0 spiro atoms. The Morgan fingerprint density at radius 2 is 1.86 bits per heavy atom. The first-order valence-electron chi connectivity index (χ1n) is 9.21. The maximum Gasteiger partial charge on any atom is 0.243 e. The van der Waals surface area contributed by atoms with Crippen LogP contribution in [0.3, 0.4) is 0 Å². The summed E-state index contributed by atoms with van der Waals surface area (Å²) in [4.78, 5) is 5.94. The van der Waals surface area contributed by atoms with Gasteiger partial charge in [-0.1, -0.05) is 16.8 Å². The smallest absolute Gasteiger partial charge is 0.243 e. The average Bonchev–Trinajstić information content (AvgIpc) is 3.24. The van der Waals surface area contributed by atoms with Crippen molar-refractivity contribution in [1.82, 2.24) is 14.4 Å². The lowest BCUT2D eigenvalue weighted by Crippen LogP contribution is -2.39. The molecule has 29 heavy (non-hydrogen) atoms. The number of hydrogen-bond donors (Lipinski definition) is 0. The Balaban J connectivity index is 1.52. The molecule has 0 saturated carbocycles. The lowest BCUT2D eigenvalue weighted by atomic mass is 10.00. The highest BCUT2D eigenvalue weighted by molar-refractivity contribution is 7.98. The molecule has 1 aromatic heterocycles. The Bertz CT molecular complexity index is 1080. The summed E-state index contributed by atoms with van der Waals surface area (Å²) in [5, 5.41) is 4.60. The van der Waals surface area contributed by atoms with Crippen LogP contribution in [0.15, 0.2) is 62.8 Å². The van der Waals surface area contributed by atoms with Gasteiger partial charge in [0.1, 0.15) is 0 Å². The molecule has 9 heteroatoms. The molecule has 3 aromatic rings. The zero-order chi connectivity index (χ0) is 20.4. The van der Waals surface area contributed by atoms with Gasteiger partial charge in [-0.25, -0.2) is 8.42 Å². The van der Waals surface area contributed by atoms with Gasteiger partial charge < -0.3 is 4.52 Å². The van der Waals surface area contributed by atoms with Crippen molar-refractivity contribution in [3.05, 3.63) is 59.4 Å². The number of piperidine rings is 1. The molecule has 1 saturated heterocycles. The van der Waals surface area contributed by atoms with Gasteiger partial charge in [-0.2, -0.15) is 9.29 Å². The molecule has 0 bridgehead atoms. The first-order chi connectivity index (χ1) is 14.0. The predicted octanol–water partition coefficient (Wildman–Crippen LogP) is 4.68. The molecule has 0 N–H and O–H groups in total. The zero-order valence-electron chi connectivity index (χ0n) is 15.8. The van der Waals surface area contributed by atoms with Crippen molar-refractivity contribution in [2.45, 2.75) is 28.6 Å². The fourth-order valence-corrected chi connectivity index (χ4v) is 5.43. The number of aromatic nitrogens is 2. The summed E-state index contributed by atoms with van der Waals surface area (Å²) >= 11 is 7.55. The molecular weight excluding hydrogens is 430 g/mol. The number of nitrogens with zero attached hydrogens (tertiary/aromatic N) is 3. The first kappa shape index (κ1) is 20.4. The number of hydrogen-bond acceptors (Lipinski definition) is 6. The number of benzene rings is 2. The van der Waals surface area contributed by atoms with Crippen LogP contribution in [-0.4, -0.2) is 42.2 Å². The third kappa shape index (κ3) is 4.35. The van der Waals surface area contributed by atoms with Gasteiger partial charge in [0, 0.05) is 28.6 Å². The molecule has 0 amide bonds. The summed E-state index contributed by atoms with van der Waals surface area (Å²) < 4.78 is 32.9. The van der Waals surface area contributed by atoms with Gasteiger partial charge in [0.15, 0.2) is 0 Å². The van der Waals surface area contributed by atoms with E-state index in [2.05, 4.69) is 10.1 Å². The Hall–Kier alpha value is -1.87. The van der Waals surface area contributed by atoms with E-state index in [1.807, 2.05) is 30.5 Å². The summed E-state index contributed by atoms with van der Waals surface area (Å²) in [6.45, 7) is 0.788. The van der Waals surface area contributed by atoms with Crippen molar-refractivity contribution in [2.75, 3.05) is 19.3 Å². The van der Waals surface area contributed by atoms with E-state index in [4.69, 9.17) is 16.1 Å². The van der Waals surface area contributed by atoms with E-state index in [0.717, 1.165) is 23.3 Å². The highest BCUT2D eigenvalue weighted by Crippen LogP contribution is 2.31. The predicted molar refractivity (Wildman–Crippen MR) is 114 cm³/mol. The van der Waals surface area contributed by atoms with Crippen LogP contribution in [0.25, 0.3) is 11.4 Å². The largest absolute Gasteiger partial charge is 0.339 e. The second-order valence-electron chi connectivity index (χ2n) is 6.84. The molecule has 152 valence electrons. The highest BCUT2D eigenvalue weighted by Gasteiger charge is 2.33. The van der Waals surface area contributed by atoms with Crippen LogP contribution in [0, 0.1) is 0 Å². The van der Waals surface area contributed by atoms with E-state index in [9.17, 15) is 8.42 Å². The second-order valence-corrected chi connectivity index (χ2v) is 10.1. The molecule has 1 aliphatic rings. The number of rotatable bonds is 5. The van der Waals surface area contributed by atoms with Crippen LogP contribution in [-0.2, 0) is 10.0 Å². The van der Waals surface area contributed by atoms with Crippen LogP contribution in [0.4, 0.5) is 0 Å². The Labute approximate surface area is 179 Å². The van der Waals surface area contributed by atoms with Crippen molar-refractivity contribution < 1.29 is 12.9 Å². The third-order valence-electron chi connectivity index (χ3n) is 4.97.